The lowest BCUT2D eigenvalue weighted by atomic mass is 9.84. The summed E-state index contributed by atoms with van der Waals surface area (Å²) in [5, 5.41) is 26.6. The van der Waals surface area contributed by atoms with E-state index in [-0.39, 0.29) is 18.4 Å². The lowest BCUT2D eigenvalue weighted by Crippen LogP contribution is -2.65. The highest BCUT2D eigenvalue weighted by Gasteiger charge is 2.51. The standard InChI is InChI=1S/C34H32N6O4/c1-22(37-2)32(41)38-31-33(42)39(29-11-5-6-13-30(29)44-34(31)14-16-43-17-15-34)21-24-9-7-12-28-26(24)18-25(20-36)40(28)27-10-4-3-8-23(27)19-35/h3-13,18,22,31,37H,14-17,21H2,1-2H3,(H,38,41). The van der Waals surface area contributed by atoms with E-state index in [0.717, 1.165) is 16.5 Å². The number of fused-ring (bicyclic) bond motifs is 2. The number of nitriles is 2. The molecule has 0 aliphatic carbocycles. The van der Waals surface area contributed by atoms with Crippen LogP contribution in [0.15, 0.2) is 72.8 Å². The van der Waals surface area contributed by atoms with Gasteiger partial charge in [-0.15, -0.1) is 0 Å². The Bertz CT molecular complexity index is 1830. The van der Waals surface area contributed by atoms with Gasteiger partial charge in [0.1, 0.15) is 35.2 Å². The zero-order valence-corrected chi connectivity index (χ0v) is 24.5. The molecular formula is C34H32N6O4. The van der Waals surface area contributed by atoms with Gasteiger partial charge in [-0.25, -0.2) is 0 Å². The molecule has 0 saturated carbocycles. The molecule has 10 heteroatoms. The van der Waals surface area contributed by atoms with Crippen molar-refractivity contribution >= 4 is 28.4 Å². The summed E-state index contributed by atoms with van der Waals surface area (Å²) in [6, 6.07) is 25.0. The van der Waals surface area contributed by atoms with E-state index in [0.29, 0.717) is 54.4 Å². The average Bonchev–Trinajstić information content (AvgIpc) is 3.42. The van der Waals surface area contributed by atoms with Crippen molar-refractivity contribution < 1.29 is 19.1 Å². The molecule has 1 spiro atoms. The molecule has 3 aromatic carbocycles. The van der Waals surface area contributed by atoms with Gasteiger partial charge in [0.05, 0.1) is 48.3 Å². The van der Waals surface area contributed by atoms with E-state index in [1.807, 2.05) is 54.6 Å². The zero-order valence-electron chi connectivity index (χ0n) is 24.5. The Kier molecular flexibility index (Phi) is 7.79. The third-order valence-corrected chi connectivity index (χ3v) is 8.61. The van der Waals surface area contributed by atoms with Gasteiger partial charge in [0.2, 0.25) is 5.91 Å². The van der Waals surface area contributed by atoms with Crippen LogP contribution in [0.25, 0.3) is 16.6 Å². The second kappa shape index (κ2) is 11.8. The molecule has 44 heavy (non-hydrogen) atoms. The maximum absolute atomic E-state index is 14.7. The number of ether oxygens (including phenoxy) is 2. The van der Waals surface area contributed by atoms with Gasteiger partial charge < -0.3 is 25.0 Å². The Morgan fingerprint density at radius 2 is 1.75 bits per heavy atom. The van der Waals surface area contributed by atoms with E-state index in [9.17, 15) is 20.1 Å². The van der Waals surface area contributed by atoms with Gasteiger partial charge in [0.25, 0.3) is 5.91 Å². The molecule has 2 N–H and O–H groups in total. The van der Waals surface area contributed by atoms with Gasteiger partial charge in [0, 0.05) is 18.2 Å². The van der Waals surface area contributed by atoms with Crippen LogP contribution in [0.1, 0.15) is 36.6 Å². The van der Waals surface area contributed by atoms with Gasteiger partial charge >= 0.3 is 0 Å². The summed E-state index contributed by atoms with van der Waals surface area (Å²) < 4.78 is 14.1. The molecule has 0 radical (unpaired) electrons. The highest BCUT2D eigenvalue weighted by molar-refractivity contribution is 6.03. The van der Waals surface area contributed by atoms with Gasteiger partial charge in [-0.2, -0.15) is 10.5 Å². The zero-order chi connectivity index (χ0) is 30.8. The maximum Gasteiger partial charge on any atom is 0.254 e. The smallest absolute Gasteiger partial charge is 0.254 e. The van der Waals surface area contributed by atoms with E-state index in [4.69, 9.17) is 9.47 Å². The van der Waals surface area contributed by atoms with Crippen molar-refractivity contribution in [2.45, 2.75) is 44.0 Å². The lowest BCUT2D eigenvalue weighted by Gasteiger charge is -2.41. The molecule has 1 saturated heterocycles. The van der Waals surface area contributed by atoms with Gasteiger partial charge in [-0.3, -0.25) is 14.2 Å². The molecule has 222 valence electrons. The summed E-state index contributed by atoms with van der Waals surface area (Å²) in [4.78, 5) is 29.6. The van der Waals surface area contributed by atoms with Gasteiger partial charge in [-0.05, 0) is 55.9 Å². The molecule has 2 amide bonds. The van der Waals surface area contributed by atoms with Crippen molar-refractivity contribution in [2.24, 2.45) is 0 Å². The SMILES string of the molecule is CNC(C)C(=O)NC1C(=O)N(Cc2cccc3c2cc(C#N)n3-c2ccccc2C#N)c2ccccc2OC12CCOCC2. The second-order valence-electron chi connectivity index (χ2n) is 11.1. The van der Waals surface area contributed by atoms with Crippen LogP contribution in [-0.4, -0.2) is 54.3 Å². The van der Waals surface area contributed by atoms with Crippen molar-refractivity contribution in [1.82, 2.24) is 15.2 Å². The fraction of sp³-hybridized carbons (Fsp3) is 0.294. The minimum Gasteiger partial charge on any atom is -0.482 e. The largest absolute Gasteiger partial charge is 0.482 e. The molecule has 3 heterocycles. The average molecular weight is 589 g/mol. The number of nitrogens with zero attached hydrogens (tertiary/aromatic N) is 4. The quantitative estimate of drug-likeness (QED) is 0.349. The third kappa shape index (κ3) is 4.94. The van der Waals surface area contributed by atoms with Crippen molar-refractivity contribution in [3.05, 3.63) is 89.6 Å². The lowest BCUT2D eigenvalue weighted by molar-refractivity contribution is -0.138. The minimum absolute atomic E-state index is 0.159. The predicted molar refractivity (Wildman–Crippen MR) is 164 cm³/mol. The molecule has 1 fully saturated rings. The topological polar surface area (TPSA) is 132 Å². The highest BCUT2D eigenvalue weighted by atomic mass is 16.5. The summed E-state index contributed by atoms with van der Waals surface area (Å²) >= 11 is 0. The summed E-state index contributed by atoms with van der Waals surface area (Å²) in [5.74, 6) is -0.0490. The first-order valence-corrected chi connectivity index (χ1v) is 14.6. The normalized spacial score (nSPS) is 18.0. The molecule has 2 aliphatic rings. The highest BCUT2D eigenvalue weighted by Crippen LogP contribution is 2.42. The fourth-order valence-corrected chi connectivity index (χ4v) is 6.11. The van der Waals surface area contributed by atoms with Crippen LogP contribution in [0.2, 0.25) is 0 Å². The van der Waals surface area contributed by atoms with E-state index in [1.54, 1.807) is 41.6 Å². The van der Waals surface area contributed by atoms with E-state index in [1.165, 1.54) is 0 Å². The van der Waals surface area contributed by atoms with E-state index < -0.39 is 17.7 Å². The van der Waals surface area contributed by atoms with E-state index in [2.05, 4.69) is 22.8 Å². The second-order valence-corrected chi connectivity index (χ2v) is 11.1. The Hall–Kier alpha value is -5.16. The number of amides is 2. The first-order chi connectivity index (χ1) is 21.4. The number of aromatic nitrogens is 1. The maximum atomic E-state index is 14.7. The summed E-state index contributed by atoms with van der Waals surface area (Å²) in [7, 11) is 1.69. The van der Waals surface area contributed by atoms with Crippen molar-refractivity contribution in [2.75, 3.05) is 25.2 Å². The Balaban J connectivity index is 1.48. The number of hydrogen-bond acceptors (Lipinski definition) is 7. The fourth-order valence-electron chi connectivity index (χ4n) is 6.11. The number of anilines is 1. The number of benzene rings is 3. The van der Waals surface area contributed by atoms with Crippen LogP contribution >= 0.6 is 0 Å². The molecule has 6 rings (SSSR count). The predicted octanol–water partition coefficient (Wildman–Crippen LogP) is 3.94. The molecule has 2 atom stereocenters. The summed E-state index contributed by atoms with van der Waals surface area (Å²) in [6.07, 6.45) is 0.865. The number of carbonyl (C=O) groups excluding carboxylic acids is 2. The summed E-state index contributed by atoms with van der Waals surface area (Å²) in [5.41, 5.74) is 2.55. The van der Waals surface area contributed by atoms with Crippen LogP contribution in [-0.2, 0) is 20.9 Å². The number of likely N-dealkylation sites (N-methyl/N-ethyl adjacent to an activating group) is 1. The monoisotopic (exact) mass is 588 g/mol. The summed E-state index contributed by atoms with van der Waals surface area (Å²) in [6.45, 7) is 2.70. The van der Waals surface area contributed by atoms with Crippen LogP contribution in [0.5, 0.6) is 5.75 Å². The minimum atomic E-state index is -0.992. The molecule has 10 nitrogen and oxygen atoms in total. The molecule has 2 unspecified atom stereocenters. The molecule has 2 aliphatic heterocycles. The Morgan fingerprint density at radius 1 is 1.02 bits per heavy atom. The molecule has 0 bridgehead atoms. The molecular weight excluding hydrogens is 556 g/mol. The Labute approximate surface area is 255 Å². The number of hydrogen-bond donors (Lipinski definition) is 2. The molecule has 1 aromatic heterocycles. The van der Waals surface area contributed by atoms with Crippen LogP contribution in [0, 0.1) is 22.7 Å². The van der Waals surface area contributed by atoms with Crippen molar-refractivity contribution in [3.8, 4) is 23.6 Å². The first kappa shape index (κ1) is 28.9. The van der Waals surface area contributed by atoms with E-state index >= 15 is 0 Å². The number of carbonyl (C=O) groups is 2. The van der Waals surface area contributed by atoms with Crippen LogP contribution in [0.3, 0.4) is 0 Å². The Morgan fingerprint density at radius 3 is 2.48 bits per heavy atom. The van der Waals surface area contributed by atoms with Crippen LogP contribution < -0.4 is 20.3 Å². The number of para-hydroxylation sites is 3. The van der Waals surface area contributed by atoms with Gasteiger partial charge in [0.15, 0.2) is 0 Å². The van der Waals surface area contributed by atoms with Gasteiger partial charge in [-0.1, -0.05) is 36.4 Å². The van der Waals surface area contributed by atoms with Crippen molar-refractivity contribution in [1.29, 1.82) is 10.5 Å². The number of nitrogens with one attached hydrogen (secondary N) is 2. The third-order valence-electron chi connectivity index (χ3n) is 8.61. The first-order valence-electron chi connectivity index (χ1n) is 14.6. The van der Waals surface area contributed by atoms with Crippen LogP contribution in [0.4, 0.5) is 5.69 Å². The molecule has 4 aromatic rings. The van der Waals surface area contributed by atoms with Crippen molar-refractivity contribution in [3.63, 3.8) is 0 Å². The number of rotatable bonds is 6.